The summed E-state index contributed by atoms with van der Waals surface area (Å²) < 4.78 is 0. The highest BCUT2D eigenvalue weighted by Crippen LogP contribution is 1.94. The van der Waals surface area contributed by atoms with Crippen molar-refractivity contribution in [2.24, 2.45) is 5.84 Å². The second kappa shape index (κ2) is 4.93. The lowest BCUT2D eigenvalue weighted by molar-refractivity contribution is -0.138. The monoisotopic (exact) mass is 144 g/mol. The smallest absolute Gasteiger partial charge is 0.289 e. The van der Waals surface area contributed by atoms with E-state index in [9.17, 15) is 9.59 Å². The third-order valence-electron chi connectivity index (χ3n) is 1.14. The summed E-state index contributed by atoms with van der Waals surface area (Å²) in [5.74, 6) is 3.58. The number of Topliss-reactive ketones (excluding diaryl/α,β-unsaturated/α-hetero) is 1. The summed E-state index contributed by atoms with van der Waals surface area (Å²) in [7, 11) is 0. The number of carbonyl (C=O) groups is 2. The van der Waals surface area contributed by atoms with Gasteiger partial charge < -0.3 is 0 Å². The Labute approximate surface area is 59.7 Å². The van der Waals surface area contributed by atoms with Gasteiger partial charge in [-0.05, 0) is 6.42 Å². The number of ketones is 1. The van der Waals surface area contributed by atoms with Gasteiger partial charge in [0.05, 0.1) is 0 Å². The van der Waals surface area contributed by atoms with Gasteiger partial charge in [0.2, 0.25) is 5.78 Å². The molecule has 0 aliphatic rings. The first-order valence-electron chi connectivity index (χ1n) is 3.26. The number of nitrogens with one attached hydrogen (secondary N) is 1. The highest BCUT2D eigenvalue weighted by Gasteiger charge is 2.09. The van der Waals surface area contributed by atoms with E-state index < -0.39 is 11.7 Å². The normalized spacial score (nSPS) is 9.00. The zero-order valence-corrected chi connectivity index (χ0v) is 6.02. The van der Waals surface area contributed by atoms with Gasteiger partial charge in [0, 0.05) is 6.42 Å². The molecule has 10 heavy (non-hydrogen) atoms. The molecule has 0 aliphatic carbocycles. The van der Waals surface area contributed by atoms with Crippen LogP contribution in [0.15, 0.2) is 0 Å². The number of unbranched alkanes of at least 4 members (excludes halogenated alkanes) is 1. The Bertz CT molecular complexity index is 134. The third kappa shape index (κ3) is 3.19. The molecule has 58 valence electrons. The van der Waals surface area contributed by atoms with Crippen molar-refractivity contribution < 1.29 is 9.59 Å². The van der Waals surface area contributed by atoms with Gasteiger partial charge in [0.1, 0.15) is 0 Å². The SMILES string of the molecule is CCCCC(=O)C(=O)NN. The van der Waals surface area contributed by atoms with Gasteiger partial charge in [-0.2, -0.15) is 0 Å². The number of rotatable bonds is 4. The Hall–Kier alpha value is -0.900. The molecule has 0 aliphatic heterocycles. The van der Waals surface area contributed by atoms with E-state index in [1.807, 2.05) is 6.92 Å². The summed E-state index contributed by atoms with van der Waals surface area (Å²) in [6.07, 6.45) is 1.94. The lowest BCUT2D eigenvalue weighted by Crippen LogP contribution is -2.36. The molecule has 0 spiro atoms. The van der Waals surface area contributed by atoms with Crippen LogP contribution in [0, 0.1) is 0 Å². The molecular formula is C6H12N2O2. The molecule has 0 saturated heterocycles. The number of hydrogen-bond donors (Lipinski definition) is 2. The molecule has 0 atom stereocenters. The summed E-state index contributed by atoms with van der Waals surface area (Å²) in [6, 6.07) is 0. The van der Waals surface area contributed by atoms with Gasteiger partial charge in [0.15, 0.2) is 0 Å². The van der Waals surface area contributed by atoms with Gasteiger partial charge in [0.25, 0.3) is 0 Å². The lowest BCUT2D eigenvalue weighted by Gasteiger charge is -1.95. The standard InChI is InChI=1S/C6H12N2O2/c1-2-3-4-5(9)6(10)8-7/h2-4,7H2,1H3,(H,8,10). The maximum atomic E-state index is 10.6. The van der Waals surface area contributed by atoms with Crippen LogP contribution in [0.1, 0.15) is 26.2 Å². The van der Waals surface area contributed by atoms with Crippen molar-refractivity contribution >= 4 is 11.7 Å². The van der Waals surface area contributed by atoms with Gasteiger partial charge in [-0.15, -0.1) is 0 Å². The van der Waals surface area contributed by atoms with Crippen molar-refractivity contribution in [3.63, 3.8) is 0 Å². The van der Waals surface area contributed by atoms with Crippen LogP contribution in [-0.2, 0) is 9.59 Å². The molecule has 1 amide bonds. The zero-order chi connectivity index (χ0) is 7.98. The van der Waals surface area contributed by atoms with Gasteiger partial charge >= 0.3 is 5.91 Å². The number of carbonyl (C=O) groups excluding carboxylic acids is 2. The average molecular weight is 144 g/mol. The first-order chi connectivity index (χ1) is 4.72. The van der Waals surface area contributed by atoms with Gasteiger partial charge in [-0.3, -0.25) is 15.0 Å². The molecule has 0 heterocycles. The maximum absolute atomic E-state index is 10.6. The Kier molecular flexibility index (Phi) is 4.49. The predicted octanol–water partition coefficient (Wildman–Crippen LogP) is -0.264. The summed E-state index contributed by atoms with van der Waals surface area (Å²) in [6.45, 7) is 1.95. The minimum absolute atomic E-state index is 0.291. The lowest BCUT2D eigenvalue weighted by atomic mass is 10.2. The molecule has 3 N–H and O–H groups in total. The molecule has 0 rings (SSSR count). The second-order valence-corrected chi connectivity index (χ2v) is 2.00. The third-order valence-corrected chi connectivity index (χ3v) is 1.14. The highest BCUT2D eigenvalue weighted by molar-refractivity contribution is 6.35. The molecule has 0 aromatic rings. The molecule has 0 fully saturated rings. The van der Waals surface area contributed by atoms with Gasteiger partial charge in [-0.1, -0.05) is 13.3 Å². The van der Waals surface area contributed by atoms with E-state index in [4.69, 9.17) is 5.84 Å². The molecule has 0 unspecified atom stereocenters. The zero-order valence-electron chi connectivity index (χ0n) is 6.02. The number of nitrogens with two attached hydrogens (primary N) is 1. The van der Waals surface area contributed by atoms with E-state index in [1.165, 1.54) is 0 Å². The van der Waals surface area contributed by atoms with Crippen LogP contribution < -0.4 is 11.3 Å². The Morgan fingerprint density at radius 2 is 2.10 bits per heavy atom. The quantitative estimate of drug-likeness (QED) is 0.247. The minimum Gasteiger partial charge on any atom is -0.289 e. The van der Waals surface area contributed by atoms with E-state index >= 15 is 0 Å². The largest absolute Gasteiger partial charge is 0.301 e. The van der Waals surface area contributed by atoms with Crippen LogP contribution >= 0.6 is 0 Å². The minimum atomic E-state index is -0.701. The van der Waals surface area contributed by atoms with E-state index in [-0.39, 0.29) is 0 Å². The first kappa shape index (κ1) is 9.10. The van der Waals surface area contributed by atoms with Crippen LogP contribution in [0.2, 0.25) is 0 Å². The van der Waals surface area contributed by atoms with Crippen molar-refractivity contribution in [2.45, 2.75) is 26.2 Å². The van der Waals surface area contributed by atoms with E-state index in [0.29, 0.717) is 6.42 Å². The van der Waals surface area contributed by atoms with Crippen molar-refractivity contribution in [1.29, 1.82) is 0 Å². The Morgan fingerprint density at radius 3 is 2.50 bits per heavy atom. The summed E-state index contributed by atoms with van der Waals surface area (Å²) in [4.78, 5) is 21.1. The summed E-state index contributed by atoms with van der Waals surface area (Å²) in [5, 5.41) is 0. The number of hydrogen-bond acceptors (Lipinski definition) is 3. The van der Waals surface area contributed by atoms with E-state index in [1.54, 1.807) is 5.43 Å². The second-order valence-electron chi connectivity index (χ2n) is 2.00. The fraction of sp³-hybridized carbons (Fsp3) is 0.667. The molecular weight excluding hydrogens is 132 g/mol. The molecule has 4 heteroatoms. The van der Waals surface area contributed by atoms with Gasteiger partial charge in [-0.25, -0.2) is 5.84 Å². The van der Waals surface area contributed by atoms with Crippen molar-refractivity contribution in [2.75, 3.05) is 0 Å². The van der Waals surface area contributed by atoms with Crippen molar-refractivity contribution in [3.8, 4) is 0 Å². The Balaban J connectivity index is 3.52. The molecule has 0 radical (unpaired) electrons. The Morgan fingerprint density at radius 1 is 1.50 bits per heavy atom. The summed E-state index contributed by atoms with van der Waals surface area (Å²) in [5.41, 5.74) is 1.79. The van der Waals surface area contributed by atoms with E-state index in [0.717, 1.165) is 12.8 Å². The predicted molar refractivity (Wildman–Crippen MR) is 36.9 cm³/mol. The topological polar surface area (TPSA) is 72.2 Å². The first-order valence-corrected chi connectivity index (χ1v) is 3.26. The van der Waals surface area contributed by atoms with Crippen LogP contribution in [0.5, 0.6) is 0 Å². The fourth-order valence-corrected chi connectivity index (χ4v) is 0.531. The molecule has 0 aromatic heterocycles. The van der Waals surface area contributed by atoms with E-state index in [2.05, 4.69) is 0 Å². The van der Waals surface area contributed by atoms with Crippen molar-refractivity contribution in [3.05, 3.63) is 0 Å². The van der Waals surface area contributed by atoms with Crippen LogP contribution in [0.3, 0.4) is 0 Å². The van der Waals surface area contributed by atoms with Crippen LogP contribution in [0.25, 0.3) is 0 Å². The summed E-state index contributed by atoms with van der Waals surface area (Å²) >= 11 is 0. The molecule has 4 nitrogen and oxygen atoms in total. The van der Waals surface area contributed by atoms with Crippen molar-refractivity contribution in [1.82, 2.24) is 5.43 Å². The number of amides is 1. The highest BCUT2D eigenvalue weighted by atomic mass is 16.2. The molecule has 0 aromatic carbocycles. The molecule has 0 bridgehead atoms. The van der Waals surface area contributed by atoms with Crippen LogP contribution in [0.4, 0.5) is 0 Å². The van der Waals surface area contributed by atoms with Crippen LogP contribution in [-0.4, -0.2) is 11.7 Å². The average Bonchev–Trinajstić information content (AvgIpc) is 1.98. The maximum Gasteiger partial charge on any atom is 0.301 e. The molecule has 0 saturated carbocycles. The number of hydrazine groups is 1. The fourth-order valence-electron chi connectivity index (χ4n) is 0.531.